The molecule has 15 heavy (non-hydrogen) atoms. The quantitative estimate of drug-likeness (QED) is 0.870. The molecule has 1 heterocycles. The SMILES string of the molecule is O=c1[nH]c2ccc(C=CCCBr)cc2o1. The highest BCUT2D eigenvalue weighted by Crippen LogP contribution is 2.13. The zero-order chi connectivity index (χ0) is 10.7. The molecule has 1 aromatic carbocycles. The molecule has 0 spiro atoms. The Labute approximate surface area is 94.9 Å². The van der Waals surface area contributed by atoms with Crippen molar-refractivity contribution >= 4 is 33.1 Å². The fourth-order valence-corrected chi connectivity index (χ4v) is 1.61. The smallest absolute Gasteiger partial charge is 0.408 e. The van der Waals surface area contributed by atoms with Gasteiger partial charge < -0.3 is 4.42 Å². The van der Waals surface area contributed by atoms with Gasteiger partial charge in [-0.15, -0.1) is 0 Å². The summed E-state index contributed by atoms with van der Waals surface area (Å²) < 4.78 is 4.96. The molecule has 0 fully saturated rings. The van der Waals surface area contributed by atoms with Crippen molar-refractivity contribution in [3.8, 4) is 0 Å². The van der Waals surface area contributed by atoms with E-state index in [-0.39, 0.29) is 0 Å². The van der Waals surface area contributed by atoms with Crippen LogP contribution in [0.25, 0.3) is 17.2 Å². The summed E-state index contributed by atoms with van der Waals surface area (Å²) in [6, 6.07) is 5.63. The summed E-state index contributed by atoms with van der Waals surface area (Å²) in [6.07, 6.45) is 5.06. The van der Waals surface area contributed by atoms with E-state index in [0.29, 0.717) is 5.58 Å². The largest absolute Gasteiger partial charge is 0.417 e. The van der Waals surface area contributed by atoms with E-state index >= 15 is 0 Å². The van der Waals surface area contributed by atoms with Gasteiger partial charge in [-0.2, -0.15) is 0 Å². The molecule has 0 aliphatic heterocycles. The Balaban J connectivity index is 2.34. The van der Waals surface area contributed by atoms with Gasteiger partial charge in [-0.1, -0.05) is 34.1 Å². The number of benzene rings is 1. The molecule has 0 unspecified atom stereocenters. The maximum atomic E-state index is 10.9. The molecule has 0 aliphatic carbocycles. The normalized spacial score (nSPS) is 11.5. The molecule has 0 atom stereocenters. The number of oxazole rings is 1. The first-order valence-electron chi connectivity index (χ1n) is 4.65. The van der Waals surface area contributed by atoms with E-state index < -0.39 is 5.76 Å². The summed E-state index contributed by atoms with van der Waals surface area (Å²) >= 11 is 3.35. The second-order valence-corrected chi connectivity index (χ2v) is 3.94. The van der Waals surface area contributed by atoms with Crippen LogP contribution < -0.4 is 5.76 Å². The predicted molar refractivity (Wildman–Crippen MR) is 64.3 cm³/mol. The van der Waals surface area contributed by atoms with Crippen LogP contribution in [0.4, 0.5) is 0 Å². The number of fused-ring (bicyclic) bond motifs is 1. The average molecular weight is 268 g/mol. The standard InChI is InChI=1S/C11H10BrNO2/c12-6-2-1-3-8-4-5-9-10(7-8)15-11(14)13-9/h1,3-5,7H,2,6H2,(H,13,14). The number of aromatic nitrogens is 1. The molecule has 1 N–H and O–H groups in total. The topological polar surface area (TPSA) is 46.0 Å². The van der Waals surface area contributed by atoms with Gasteiger partial charge in [0.15, 0.2) is 5.58 Å². The number of hydrogen-bond donors (Lipinski definition) is 1. The molecule has 4 heteroatoms. The summed E-state index contributed by atoms with van der Waals surface area (Å²) in [6.45, 7) is 0. The van der Waals surface area contributed by atoms with Crippen molar-refractivity contribution in [1.82, 2.24) is 4.98 Å². The molecule has 0 amide bonds. The Morgan fingerprint density at radius 2 is 2.33 bits per heavy atom. The van der Waals surface area contributed by atoms with Gasteiger partial charge in [0.1, 0.15) is 0 Å². The van der Waals surface area contributed by atoms with E-state index in [1.165, 1.54) is 0 Å². The molecule has 0 bridgehead atoms. The Morgan fingerprint density at radius 1 is 1.47 bits per heavy atom. The minimum Gasteiger partial charge on any atom is -0.408 e. The van der Waals surface area contributed by atoms with E-state index in [1.54, 1.807) is 0 Å². The Hall–Kier alpha value is -1.29. The molecule has 2 aromatic rings. The van der Waals surface area contributed by atoms with Gasteiger partial charge in [0.05, 0.1) is 5.52 Å². The minimum absolute atomic E-state index is 0.411. The monoisotopic (exact) mass is 267 g/mol. The summed E-state index contributed by atoms with van der Waals surface area (Å²) in [5, 5.41) is 0.949. The summed E-state index contributed by atoms with van der Waals surface area (Å²) in [4.78, 5) is 13.5. The third kappa shape index (κ3) is 2.39. The number of H-pyrrole nitrogens is 1. The highest BCUT2D eigenvalue weighted by Gasteiger charge is 1.99. The predicted octanol–water partition coefficient (Wildman–Crippen LogP) is 2.92. The van der Waals surface area contributed by atoms with Crippen LogP contribution in [-0.2, 0) is 0 Å². The number of hydrogen-bond acceptors (Lipinski definition) is 2. The first-order chi connectivity index (χ1) is 7.29. The third-order valence-corrected chi connectivity index (χ3v) is 2.49. The fraction of sp³-hybridized carbons (Fsp3) is 0.182. The molecule has 3 nitrogen and oxygen atoms in total. The lowest BCUT2D eigenvalue weighted by atomic mass is 10.2. The number of nitrogens with one attached hydrogen (secondary N) is 1. The van der Waals surface area contributed by atoms with Crippen LogP contribution in [0.15, 0.2) is 33.5 Å². The van der Waals surface area contributed by atoms with Crippen molar-refractivity contribution in [3.05, 3.63) is 40.4 Å². The minimum atomic E-state index is -0.411. The number of aromatic amines is 1. The Kier molecular flexibility index (Phi) is 3.06. The zero-order valence-electron chi connectivity index (χ0n) is 8.00. The van der Waals surface area contributed by atoms with E-state index in [4.69, 9.17) is 4.42 Å². The third-order valence-electron chi connectivity index (χ3n) is 2.03. The van der Waals surface area contributed by atoms with Crippen LogP contribution >= 0.6 is 15.9 Å². The lowest BCUT2D eigenvalue weighted by molar-refractivity contribution is 0.555. The van der Waals surface area contributed by atoms with Crippen molar-refractivity contribution in [2.24, 2.45) is 0 Å². The number of halogens is 1. The van der Waals surface area contributed by atoms with Crippen LogP contribution in [-0.4, -0.2) is 10.3 Å². The maximum absolute atomic E-state index is 10.9. The molecule has 0 saturated carbocycles. The van der Waals surface area contributed by atoms with Crippen LogP contribution in [0.1, 0.15) is 12.0 Å². The first kappa shape index (κ1) is 10.2. The van der Waals surface area contributed by atoms with Gasteiger partial charge in [-0.05, 0) is 24.1 Å². The zero-order valence-corrected chi connectivity index (χ0v) is 9.58. The summed E-state index contributed by atoms with van der Waals surface area (Å²) in [7, 11) is 0. The average Bonchev–Trinajstić information content (AvgIpc) is 2.57. The van der Waals surface area contributed by atoms with Crippen LogP contribution in [0.3, 0.4) is 0 Å². The molecule has 2 rings (SSSR count). The van der Waals surface area contributed by atoms with Gasteiger partial charge in [0.2, 0.25) is 0 Å². The Morgan fingerprint density at radius 3 is 3.13 bits per heavy atom. The summed E-state index contributed by atoms with van der Waals surface area (Å²) in [5.41, 5.74) is 2.37. The molecule has 1 aromatic heterocycles. The second-order valence-electron chi connectivity index (χ2n) is 3.15. The highest BCUT2D eigenvalue weighted by atomic mass is 79.9. The molecule has 78 valence electrons. The van der Waals surface area contributed by atoms with Crippen LogP contribution in [0, 0.1) is 0 Å². The van der Waals surface area contributed by atoms with Crippen molar-refractivity contribution in [3.63, 3.8) is 0 Å². The van der Waals surface area contributed by atoms with Gasteiger partial charge in [-0.25, -0.2) is 4.79 Å². The molecule has 0 radical (unpaired) electrons. The molecule has 0 saturated heterocycles. The van der Waals surface area contributed by atoms with Gasteiger partial charge in [-0.3, -0.25) is 4.98 Å². The van der Waals surface area contributed by atoms with E-state index in [2.05, 4.69) is 27.0 Å². The molecular weight excluding hydrogens is 258 g/mol. The van der Waals surface area contributed by atoms with Gasteiger partial charge in [0.25, 0.3) is 0 Å². The maximum Gasteiger partial charge on any atom is 0.417 e. The number of allylic oxidation sites excluding steroid dienone is 1. The van der Waals surface area contributed by atoms with Crippen molar-refractivity contribution in [1.29, 1.82) is 0 Å². The van der Waals surface area contributed by atoms with Crippen molar-refractivity contribution < 1.29 is 4.42 Å². The lowest BCUT2D eigenvalue weighted by Gasteiger charge is -1.92. The van der Waals surface area contributed by atoms with E-state index in [9.17, 15) is 4.79 Å². The van der Waals surface area contributed by atoms with E-state index in [0.717, 1.165) is 22.8 Å². The highest BCUT2D eigenvalue weighted by molar-refractivity contribution is 9.09. The molecular formula is C11H10BrNO2. The summed E-state index contributed by atoms with van der Waals surface area (Å²) in [5.74, 6) is -0.411. The van der Waals surface area contributed by atoms with Crippen LogP contribution in [0.5, 0.6) is 0 Å². The number of alkyl halides is 1. The Bertz CT molecular complexity index is 539. The second kappa shape index (κ2) is 4.49. The van der Waals surface area contributed by atoms with Crippen molar-refractivity contribution in [2.45, 2.75) is 6.42 Å². The van der Waals surface area contributed by atoms with Crippen LogP contribution in [0.2, 0.25) is 0 Å². The first-order valence-corrected chi connectivity index (χ1v) is 5.77. The van der Waals surface area contributed by atoms with Gasteiger partial charge in [0, 0.05) is 5.33 Å². The van der Waals surface area contributed by atoms with E-state index in [1.807, 2.05) is 24.3 Å². The number of rotatable bonds is 3. The van der Waals surface area contributed by atoms with Crippen molar-refractivity contribution in [2.75, 3.05) is 5.33 Å². The fourth-order valence-electron chi connectivity index (χ4n) is 1.35. The lowest BCUT2D eigenvalue weighted by Crippen LogP contribution is -1.92. The molecule has 0 aliphatic rings. The van der Waals surface area contributed by atoms with Gasteiger partial charge >= 0.3 is 5.76 Å².